The van der Waals surface area contributed by atoms with E-state index in [1.165, 1.54) is 0 Å². The van der Waals surface area contributed by atoms with Gasteiger partial charge in [-0.2, -0.15) is 0 Å². The van der Waals surface area contributed by atoms with Gasteiger partial charge in [-0.3, -0.25) is 0 Å². The Hall–Kier alpha value is -0.0800. The van der Waals surface area contributed by atoms with Gasteiger partial charge in [-0.15, -0.1) is 0 Å². The van der Waals surface area contributed by atoms with Crippen LogP contribution in [0.5, 0.6) is 0 Å². The second-order valence-electron chi connectivity index (χ2n) is 1.33. The third kappa shape index (κ3) is 3.92. The van der Waals surface area contributed by atoms with Crippen molar-refractivity contribution < 1.29 is 0 Å². The molecule has 0 aliphatic heterocycles. The van der Waals surface area contributed by atoms with Gasteiger partial charge in [-0.25, -0.2) is 0 Å². The normalized spacial score (nSPS) is 14.5. The lowest BCUT2D eigenvalue weighted by Gasteiger charge is -1.96. The van der Waals surface area contributed by atoms with Gasteiger partial charge in [-0.1, -0.05) is 0 Å². The molecular weight excluding hydrogens is 76.1 g/mol. The number of rotatable bonds is 2. The Kier molecular flexibility index (Phi) is 3.08. The van der Waals surface area contributed by atoms with Gasteiger partial charge < -0.3 is 11.5 Å². The molecule has 0 saturated carbocycles. The minimum atomic E-state index is 0.148. The van der Waals surface area contributed by atoms with E-state index in [0.29, 0.717) is 6.54 Å². The fourth-order valence-corrected chi connectivity index (χ4v) is 0.215. The zero-order valence-electron chi connectivity index (χ0n) is 4.02. The molecule has 0 saturated heterocycles. The highest BCUT2D eigenvalue weighted by Gasteiger charge is 1.86. The maximum absolute atomic E-state index is 5.27. The molecule has 1 unspecified atom stereocenters. The predicted molar refractivity (Wildman–Crippen MR) is 27.0 cm³/mol. The van der Waals surface area contributed by atoms with E-state index in [1.54, 1.807) is 0 Å². The van der Waals surface area contributed by atoms with Crippen molar-refractivity contribution in [3.8, 4) is 0 Å². The van der Waals surface area contributed by atoms with Crippen LogP contribution in [0.15, 0.2) is 0 Å². The van der Waals surface area contributed by atoms with Crippen molar-refractivity contribution in [1.29, 1.82) is 0 Å². The molecule has 0 rings (SSSR count). The molecule has 0 aromatic heterocycles. The average Bonchev–Trinajstić information content (AvgIpc) is 1.35. The van der Waals surface area contributed by atoms with Crippen LogP contribution in [0.3, 0.4) is 0 Å². The van der Waals surface area contributed by atoms with E-state index in [-0.39, 0.29) is 6.04 Å². The summed E-state index contributed by atoms with van der Waals surface area (Å²) in [6.07, 6.45) is 1.85. The molecule has 2 heteroatoms. The van der Waals surface area contributed by atoms with Crippen LogP contribution in [0.25, 0.3) is 0 Å². The Labute approximate surface area is 38.5 Å². The molecule has 6 heavy (non-hydrogen) atoms. The molecule has 1 radical (unpaired) electrons. The first-order chi connectivity index (χ1) is 2.77. The Morgan fingerprint density at radius 3 is 2.33 bits per heavy atom. The van der Waals surface area contributed by atoms with Gasteiger partial charge >= 0.3 is 0 Å². The Bertz CT molecular complexity index is 26.7. The molecular formula is C4H11N2. The molecule has 0 fully saturated rings. The molecule has 37 valence electrons. The lowest BCUT2D eigenvalue weighted by Crippen LogP contribution is -2.19. The van der Waals surface area contributed by atoms with Crippen molar-refractivity contribution in [3.05, 3.63) is 6.42 Å². The van der Waals surface area contributed by atoms with Crippen LogP contribution in [0.2, 0.25) is 0 Å². The van der Waals surface area contributed by atoms with E-state index in [1.807, 2.05) is 13.3 Å². The molecule has 4 N–H and O–H groups in total. The molecule has 0 aromatic rings. The Balaban J connectivity index is 2.63. The van der Waals surface area contributed by atoms with Gasteiger partial charge in [0, 0.05) is 6.04 Å². The molecule has 0 aliphatic rings. The van der Waals surface area contributed by atoms with Crippen LogP contribution >= 0.6 is 0 Å². The SMILES string of the molecule is CC(N)[CH]CN. The lowest BCUT2D eigenvalue weighted by atomic mass is 10.3. The summed E-state index contributed by atoms with van der Waals surface area (Å²) < 4.78 is 0. The van der Waals surface area contributed by atoms with E-state index in [2.05, 4.69) is 0 Å². The van der Waals surface area contributed by atoms with Gasteiger partial charge in [0.05, 0.1) is 0 Å². The second-order valence-corrected chi connectivity index (χ2v) is 1.33. The highest BCUT2D eigenvalue weighted by molar-refractivity contribution is 4.74. The summed E-state index contributed by atoms with van der Waals surface area (Å²) in [4.78, 5) is 0. The minimum Gasteiger partial charge on any atom is -0.330 e. The number of hydrogen-bond acceptors (Lipinski definition) is 2. The summed E-state index contributed by atoms with van der Waals surface area (Å²) in [6, 6.07) is 0.148. The van der Waals surface area contributed by atoms with E-state index >= 15 is 0 Å². The first-order valence-corrected chi connectivity index (χ1v) is 2.06. The van der Waals surface area contributed by atoms with Crippen molar-refractivity contribution in [1.82, 2.24) is 0 Å². The van der Waals surface area contributed by atoms with Crippen LogP contribution in [0, 0.1) is 6.42 Å². The third-order valence-corrected chi connectivity index (χ3v) is 0.508. The quantitative estimate of drug-likeness (QED) is 0.477. The van der Waals surface area contributed by atoms with Crippen LogP contribution < -0.4 is 11.5 Å². The predicted octanol–water partition coefficient (Wildman–Crippen LogP) is -0.503. The second kappa shape index (κ2) is 3.12. The summed E-state index contributed by atoms with van der Waals surface area (Å²) >= 11 is 0. The first kappa shape index (κ1) is 5.92. The van der Waals surface area contributed by atoms with E-state index in [4.69, 9.17) is 11.5 Å². The molecule has 0 spiro atoms. The van der Waals surface area contributed by atoms with Crippen molar-refractivity contribution in [2.45, 2.75) is 13.0 Å². The fourth-order valence-electron chi connectivity index (χ4n) is 0.215. The van der Waals surface area contributed by atoms with E-state index < -0.39 is 0 Å². The van der Waals surface area contributed by atoms with Gasteiger partial charge in [-0.05, 0) is 19.9 Å². The van der Waals surface area contributed by atoms with Crippen molar-refractivity contribution >= 4 is 0 Å². The molecule has 0 aromatic carbocycles. The van der Waals surface area contributed by atoms with Crippen LogP contribution in [-0.2, 0) is 0 Å². The molecule has 1 atom stereocenters. The zero-order valence-corrected chi connectivity index (χ0v) is 4.02. The van der Waals surface area contributed by atoms with Gasteiger partial charge in [0.1, 0.15) is 0 Å². The molecule has 0 heterocycles. The summed E-state index contributed by atoms with van der Waals surface area (Å²) in [7, 11) is 0. The van der Waals surface area contributed by atoms with Crippen molar-refractivity contribution in [2.24, 2.45) is 11.5 Å². The maximum Gasteiger partial charge on any atom is 0.00545 e. The Morgan fingerprint density at radius 2 is 2.33 bits per heavy atom. The molecule has 0 aliphatic carbocycles. The van der Waals surface area contributed by atoms with Crippen LogP contribution in [-0.4, -0.2) is 12.6 Å². The molecule has 0 amide bonds. The fraction of sp³-hybridized carbons (Fsp3) is 0.750. The van der Waals surface area contributed by atoms with E-state index in [9.17, 15) is 0 Å². The summed E-state index contributed by atoms with van der Waals surface area (Å²) in [5, 5.41) is 0. The largest absolute Gasteiger partial charge is 0.330 e. The zero-order chi connectivity index (χ0) is 4.99. The monoisotopic (exact) mass is 87.1 g/mol. The maximum atomic E-state index is 5.27. The molecule has 0 bridgehead atoms. The third-order valence-electron chi connectivity index (χ3n) is 0.508. The van der Waals surface area contributed by atoms with Crippen molar-refractivity contribution in [3.63, 3.8) is 0 Å². The van der Waals surface area contributed by atoms with Crippen LogP contribution in [0.4, 0.5) is 0 Å². The number of nitrogens with two attached hydrogens (primary N) is 2. The van der Waals surface area contributed by atoms with E-state index in [0.717, 1.165) is 0 Å². The summed E-state index contributed by atoms with van der Waals surface area (Å²) in [5.41, 5.74) is 10.4. The standard InChI is InChI=1S/C4H11N2/c1-4(6)2-3-5/h2,4H,3,5-6H2,1H3. The topological polar surface area (TPSA) is 52.0 Å². The van der Waals surface area contributed by atoms with Crippen molar-refractivity contribution in [2.75, 3.05) is 6.54 Å². The van der Waals surface area contributed by atoms with Gasteiger partial charge in [0.15, 0.2) is 0 Å². The van der Waals surface area contributed by atoms with Crippen LogP contribution in [0.1, 0.15) is 6.92 Å². The molecule has 2 nitrogen and oxygen atoms in total. The lowest BCUT2D eigenvalue weighted by molar-refractivity contribution is 0.823. The van der Waals surface area contributed by atoms with Gasteiger partial charge in [0.2, 0.25) is 0 Å². The number of hydrogen-bond donors (Lipinski definition) is 2. The summed E-state index contributed by atoms with van der Waals surface area (Å²) in [6.45, 7) is 2.48. The minimum absolute atomic E-state index is 0.148. The highest BCUT2D eigenvalue weighted by atomic mass is 14.6. The smallest absolute Gasteiger partial charge is 0.00545 e. The highest BCUT2D eigenvalue weighted by Crippen LogP contribution is 1.75. The first-order valence-electron chi connectivity index (χ1n) is 2.06. The average molecular weight is 87.1 g/mol. The summed E-state index contributed by atoms with van der Waals surface area (Å²) in [5.74, 6) is 0. The van der Waals surface area contributed by atoms with Gasteiger partial charge in [0.25, 0.3) is 0 Å². The Morgan fingerprint density at radius 1 is 1.83 bits per heavy atom.